The van der Waals surface area contributed by atoms with E-state index in [2.05, 4.69) is 20.3 Å². The first kappa shape index (κ1) is 17.5. The summed E-state index contributed by atoms with van der Waals surface area (Å²) in [6.45, 7) is 0.822. The molecule has 1 aliphatic heterocycles. The minimum absolute atomic E-state index is 0.349. The maximum absolute atomic E-state index is 10.6. The number of hydrogen-bond acceptors (Lipinski definition) is 8. The second kappa shape index (κ2) is 7.78. The van der Waals surface area contributed by atoms with Gasteiger partial charge in [0.1, 0.15) is 17.7 Å². The van der Waals surface area contributed by atoms with Crippen molar-refractivity contribution in [1.82, 2.24) is 15.0 Å². The van der Waals surface area contributed by atoms with Crippen molar-refractivity contribution in [3.63, 3.8) is 0 Å². The molecule has 0 atom stereocenters. The van der Waals surface area contributed by atoms with E-state index in [0.29, 0.717) is 30.5 Å². The Balaban J connectivity index is 1.41. The summed E-state index contributed by atoms with van der Waals surface area (Å²) >= 11 is 0. The highest BCUT2D eigenvalue weighted by molar-refractivity contribution is 5.59. The van der Waals surface area contributed by atoms with Crippen molar-refractivity contribution in [2.75, 3.05) is 23.3 Å². The van der Waals surface area contributed by atoms with Crippen LogP contribution < -0.4 is 15.0 Å². The van der Waals surface area contributed by atoms with Gasteiger partial charge in [-0.15, -0.1) is 0 Å². The Kier molecular flexibility index (Phi) is 4.87. The molecule has 0 spiro atoms. The monoisotopic (exact) mass is 379 g/mol. The molecule has 4 rings (SSSR count). The number of hydrogen-bond donors (Lipinski definition) is 2. The molecule has 1 aromatic carbocycles. The Morgan fingerprint density at radius 1 is 1.04 bits per heavy atom. The minimum Gasteiger partial charge on any atom is -0.450 e. The van der Waals surface area contributed by atoms with E-state index in [-0.39, 0.29) is 6.10 Å². The Morgan fingerprint density at radius 2 is 1.82 bits per heavy atom. The zero-order chi connectivity index (χ0) is 19.3. The summed E-state index contributed by atoms with van der Waals surface area (Å²) in [5.41, 5.74) is 0.877. The van der Waals surface area contributed by atoms with Crippen LogP contribution in [0.3, 0.4) is 0 Å². The van der Waals surface area contributed by atoms with Crippen molar-refractivity contribution in [3.8, 4) is 11.6 Å². The van der Waals surface area contributed by atoms with Gasteiger partial charge in [-0.1, -0.05) is 6.07 Å². The van der Waals surface area contributed by atoms with Gasteiger partial charge in [0, 0.05) is 24.3 Å². The SMILES string of the molecule is O=C(O)OC1CN(c2nccnc2Oc2ccc(Nc3ccccn3)cc2)C1. The van der Waals surface area contributed by atoms with Crippen LogP contribution in [-0.4, -0.2) is 45.4 Å². The van der Waals surface area contributed by atoms with Crippen LogP contribution in [0.2, 0.25) is 0 Å². The van der Waals surface area contributed by atoms with Crippen LogP contribution in [-0.2, 0) is 4.74 Å². The highest BCUT2D eigenvalue weighted by atomic mass is 16.7. The number of aromatic nitrogens is 3. The van der Waals surface area contributed by atoms with Crippen LogP contribution in [0.1, 0.15) is 0 Å². The first-order chi connectivity index (χ1) is 13.7. The summed E-state index contributed by atoms with van der Waals surface area (Å²) in [6, 6.07) is 13.0. The summed E-state index contributed by atoms with van der Waals surface area (Å²) < 4.78 is 10.6. The van der Waals surface area contributed by atoms with Crippen LogP contribution >= 0.6 is 0 Å². The lowest BCUT2D eigenvalue weighted by Crippen LogP contribution is -2.53. The Labute approximate surface area is 160 Å². The summed E-state index contributed by atoms with van der Waals surface area (Å²) in [5.74, 6) is 2.25. The smallest absolute Gasteiger partial charge is 0.450 e. The molecule has 1 fully saturated rings. The molecular formula is C19H17N5O4. The number of carbonyl (C=O) groups is 1. The van der Waals surface area contributed by atoms with Crippen molar-refractivity contribution in [2.24, 2.45) is 0 Å². The molecule has 1 aliphatic rings. The van der Waals surface area contributed by atoms with Gasteiger partial charge in [0.05, 0.1) is 13.1 Å². The molecule has 9 heteroatoms. The summed E-state index contributed by atoms with van der Waals surface area (Å²) in [5, 5.41) is 11.9. The number of anilines is 3. The van der Waals surface area contributed by atoms with Gasteiger partial charge < -0.3 is 24.8 Å². The average Bonchev–Trinajstić information content (AvgIpc) is 2.67. The zero-order valence-corrected chi connectivity index (χ0v) is 14.7. The van der Waals surface area contributed by atoms with Gasteiger partial charge in [-0.05, 0) is 36.4 Å². The zero-order valence-electron chi connectivity index (χ0n) is 14.7. The predicted molar refractivity (Wildman–Crippen MR) is 101 cm³/mol. The topological polar surface area (TPSA) is 110 Å². The van der Waals surface area contributed by atoms with Crippen LogP contribution in [0, 0.1) is 0 Å². The fraction of sp³-hybridized carbons (Fsp3) is 0.158. The van der Waals surface area contributed by atoms with Gasteiger partial charge >= 0.3 is 6.16 Å². The normalized spacial score (nSPS) is 13.5. The molecule has 2 aromatic heterocycles. The Hall–Kier alpha value is -3.88. The molecular weight excluding hydrogens is 362 g/mol. The second-order valence-electron chi connectivity index (χ2n) is 6.06. The first-order valence-corrected chi connectivity index (χ1v) is 8.59. The van der Waals surface area contributed by atoms with Crippen molar-refractivity contribution in [2.45, 2.75) is 6.10 Å². The molecule has 0 radical (unpaired) electrons. The lowest BCUT2D eigenvalue weighted by atomic mass is 10.2. The van der Waals surface area contributed by atoms with E-state index in [9.17, 15) is 4.79 Å². The van der Waals surface area contributed by atoms with E-state index >= 15 is 0 Å². The van der Waals surface area contributed by atoms with Crippen LogP contribution in [0.4, 0.5) is 22.1 Å². The van der Waals surface area contributed by atoms with Crippen LogP contribution in [0.25, 0.3) is 0 Å². The molecule has 2 N–H and O–H groups in total. The number of benzene rings is 1. The summed E-state index contributed by atoms with van der Waals surface area (Å²) in [7, 11) is 0. The average molecular weight is 379 g/mol. The molecule has 0 bridgehead atoms. The lowest BCUT2D eigenvalue weighted by Gasteiger charge is -2.38. The molecule has 3 heterocycles. The number of pyridine rings is 1. The number of carboxylic acid groups (broad SMARTS) is 1. The highest BCUT2D eigenvalue weighted by Gasteiger charge is 2.33. The first-order valence-electron chi connectivity index (χ1n) is 8.59. The molecule has 0 aliphatic carbocycles. The number of ether oxygens (including phenoxy) is 2. The number of nitrogens with zero attached hydrogens (tertiary/aromatic N) is 4. The van der Waals surface area contributed by atoms with Gasteiger partial charge in [0.15, 0.2) is 5.82 Å². The number of nitrogens with one attached hydrogen (secondary N) is 1. The fourth-order valence-corrected chi connectivity index (χ4v) is 2.74. The predicted octanol–water partition coefficient (Wildman–Crippen LogP) is 3.29. The molecule has 142 valence electrons. The Morgan fingerprint density at radius 3 is 2.54 bits per heavy atom. The third kappa shape index (κ3) is 4.09. The third-order valence-corrected chi connectivity index (χ3v) is 4.07. The lowest BCUT2D eigenvalue weighted by molar-refractivity contribution is 0.0395. The van der Waals surface area contributed by atoms with E-state index < -0.39 is 6.16 Å². The van der Waals surface area contributed by atoms with Gasteiger partial charge in [-0.2, -0.15) is 0 Å². The minimum atomic E-state index is -1.28. The van der Waals surface area contributed by atoms with Crippen molar-refractivity contribution in [1.29, 1.82) is 0 Å². The Bertz CT molecular complexity index is 946. The molecule has 28 heavy (non-hydrogen) atoms. The van der Waals surface area contributed by atoms with Crippen molar-refractivity contribution < 1.29 is 19.4 Å². The van der Waals surface area contributed by atoms with E-state index in [1.807, 2.05) is 47.4 Å². The molecule has 1 saturated heterocycles. The summed E-state index contributed by atoms with van der Waals surface area (Å²) in [4.78, 5) is 25.2. The highest BCUT2D eigenvalue weighted by Crippen LogP contribution is 2.31. The van der Waals surface area contributed by atoms with Gasteiger partial charge in [0.25, 0.3) is 5.88 Å². The van der Waals surface area contributed by atoms with Crippen LogP contribution in [0.5, 0.6) is 11.6 Å². The molecule has 9 nitrogen and oxygen atoms in total. The molecule has 3 aromatic rings. The van der Waals surface area contributed by atoms with Gasteiger partial charge in [-0.25, -0.2) is 19.7 Å². The molecule has 0 unspecified atom stereocenters. The van der Waals surface area contributed by atoms with Gasteiger partial charge in [0.2, 0.25) is 0 Å². The number of rotatable bonds is 6. The third-order valence-electron chi connectivity index (χ3n) is 4.07. The van der Waals surface area contributed by atoms with Crippen molar-refractivity contribution in [3.05, 3.63) is 61.1 Å². The maximum atomic E-state index is 10.6. The van der Waals surface area contributed by atoms with E-state index in [1.165, 1.54) is 0 Å². The van der Waals surface area contributed by atoms with Crippen molar-refractivity contribution >= 4 is 23.5 Å². The van der Waals surface area contributed by atoms with Gasteiger partial charge in [-0.3, -0.25) is 0 Å². The quantitative estimate of drug-likeness (QED) is 0.623. The maximum Gasteiger partial charge on any atom is 0.506 e. The van der Waals surface area contributed by atoms with E-state index in [0.717, 1.165) is 11.5 Å². The van der Waals surface area contributed by atoms with E-state index in [1.54, 1.807) is 18.6 Å². The molecule has 0 saturated carbocycles. The molecule has 0 amide bonds. The standard InChI is InChI=1S/C19H17N5O4/c25-19(26)28-15-11-24(12-15)17-18(22-10-9-21-17)27-14-6-4-13(5-7-14)23-16-3-1-2-8-20-16/h1-10,15H,11-12H2,(H,20,23)(H,25,26). The van der Waals surface area contributed by atoms with Crippen LogP contribution in [0.15, 0.2) is 61.1 Å². The van der Waals surface area contributed by atoms with E-state index in [4.69, 9.17) is 14.6 Å². The largest absolute Gasteiger partial charge is 0.506 e. The fourth-order valence-electron chi connectivity index (χ4n) is 2.74. The summed E-state index contributed by atoms with van der Waals surface area (Å²) in [6.07, 6.45) is 3.18. The second-order valence-corrected chi connectivity index (χ2v) is 6.06.